The van der Waals surface area contributed by atoms with Crippen LogP contribution in [0.5, 0.6) is 5.75 Å². The van der Waals surface area contributed by atoms with Crippen molar-refractivity contribution in [2.45, 2.75) is 25.1 Å². The van der Waals surface area contributed by atoms with Crippen LogP contribution in [0.2, 0.25) is 0 Å². The Hall–Kier alpha value is -3.07. The Bertz CT molecular complexity index is 838. The zero-order valence-electron chi connectivity index (χ0n) is 15.6. The molecule has 1 atom stereocenters. The average Bonchev–Trinajstić information content (AvgIpc) is 2.67. The van der Waals surface area contributed by atoms with Gasteiger partial charge in [0.1, 0.15) is 11.8 Å². The van der Waals surface area contributed by atoms with Crippen LogP contribution in [0.15, 0.2) is 48.5 Å². The van der Waals surface area contributed by atoms with Gasteiger partial charge in [-0.15, -0.1) is 0 Å². The molecule has 9 heteroatoms. The van der Waals surface area contributed by atoms with Crippen LogP contribution >= 0.6 is 0 Å². The largest absolute Gasteiger partial charge is 0.497 e. The molecule has 0 saturated heterocycles. The van der Waals surface area contributed by atoms with Gasteiger partial charge < -0.3 is 20.5 Å². The van der Waals surface area contributed by atoms with Crippen LogP contribution in [0.25, 0.3) is 0 Å². The van der Waals surface area contributed by atoms with Gasteiger partial charge in [0, 0.05) is 5.69 Å². The Morgan fingerprint density at radius 2 is 1.83 bits per heavy atom. The number of halogens is 3. The van der Waals surface area contributed by atoms with E-state index in [0.29, 0.717) is 18.7 Å². The summed E-state index contributed by atoms with van der Waals surface area (Å²) in [7, 11) is 1.55. The SMILES string of the molecule is COc1ccc(CCNC(CC(=O)Nc2cccc(C(F)(F)F)c2)C(=O)O)cc1. The van der Waals surface area contributed by atoms with Crippen molar-refractivity contribution in [2.24, 2.45) is 0 Å². The van der Waals surface area contributed by atoms with Crippen molar-refractivity contribution < 1.29 is 32.6 Å². The number of carboxylic acid groups (broad SMARTS) is 1. The Morgan fingerprint density at radius 1 is 1.14 bits per heavy atom. The zero-order chi connectivity index (χ0) is 21.4. The number of hydrogen-bond donors (Lipinski definition) is 3. The molecular weight excluding hydrogens is 389 g/mol. The first-order valence-corrected chi connectivity index (χ1v) is 8.75. The molecule has 2 rings (SSSR count). The molecule has 0 bridgehead atoms. The molecule has 0 fully saturated rings. The second-order valence-electron chi connectivity index (χ2n) is 6.27. The highest BCUT2D eigenvalue weighted by Gasteiger charge is 2.30. The Balaban J connectivity index is 1.89. The highest BCUT2D eigenvalue weighted by molar-refractivity contribution is 5.94. The van der Waals surface area contributed by atoms with Gasteiger partial charge in [0.05, 0.1) is 19.1 Å². The summed E-state index contributed by atoms with van der Waals surface area (Å²) in [4.78, 5) is 23.5. The van der Waals surface area contributed by atoms with E-state index in [9.17, 15) is 27.9 Å². The number of carboxylic acids is 1. The first kappa shape index (κ1) is 22.2. The summed E-state index contributed by atoms with van der Waals surface area (Å²) in [5.41, 5.74) is 0.00533. The van der Waals surface area contributed by atoms with Gasteiger partial charge in [0.25, 0.3) is 0 Å². The standard InChI is InChI=1S/C20H21F3N2O4/c1-29-16-7-5-13(6-8-16)9-10-24-17(19(27)28)12-18(26)25-15-4-2-3-14(11-15)20(21,22)23/h2-8,11,17,24H,9-10,12H2,1H3,(H,25,26)(H,27,28). The minimum atomic E-state index is -4.53. The van der Waals surface area contributed by atoms with Crippen LogP contribution < -0.4 is 15.4 Å². The third-order valence-corrected chi connectivity index (χ3v) is 4.12. The first-order chi connectivity index (χ1) is 13.7. The molecule has 3 N–H and O–H groups in total. The van der Waals surface area contributed by atoms with E-state index in [-0.39, 0.29) is 5.69 Å². The molecule has 2 aromatic carbocycles. The van der Waals surface area contributed by atoms with Crippen LogP contribution in [0.3, 0.4) is 0 Å². The molecule has 0 heterocycles. The fraction of sp³-hybridized carbons (Fsp3) is 0.300. The highest BCUT2D eigenvalue weighted by atomic mass is 19.4. The summed E-state index contributed by atoms with van der Waals surface area (Å²) in [6.07, 6.45) is -4.43. The van der Waals surface area contributed by atoms with Crippen molar-refractivity contribution >= 4 is 17.6 Å². The van der Waals surface area contributed by atoms with Crippen molar-refractivity contribution in [3.63, 3.8) is 0 Å². The van der Waals surface area contributed by atoms with Crippen LogP contribution in [-0.4, -0.2) is 36.7 Å². The van der Waals surface area contributed by atoms with E-state index >= 15 is 0 Å². The average molecular weight is 410 g/mol. The van der Waals surface area contributed by atoms with Crippen LogP contribution in [0, 0.1) is 0 Å². The van der Waals surface area contributed by atoms with Gasteiger partial charge in [-0.3, -0.25) is 9.59 Å². The summed E-state index contributed by atoms with van der Waals surface area (Å²) in [5, 5.41) is 14.4. The lowest BCUT2D eigenvalue weighted by atomic mass is 10.1. The molecule has 0 aliphatic carbocycles. The third-order valence-electron chi connectivity index (χ3n) is 4.12. The Kier molecular flexibility index (Phi) is 7.60. The molecule has 29 heavy (non-hydrogen) atoms. The quantitative estimate of drug-likeness (QED) is 0.590. The lowest BCUT2D eigenvalue weighted by molar-refractivity contribution is -0.141. The van der Waals surface area contributed by atoms with E-state index in [4.69, 9.17) is 4.74 Å². The number of carbonyl (C=O) groups excluding carboxylic acids is 1. The minimum absolute atomic E-state index is 0.0489. The fourth-order valence-corrected chi connectivity index (χ4v) is 2.60. The number of methoxy groups -OCH3 is 1. The highest BCUT2D eigenvalue weighted by Crippen LogP contribution is 2.30. The summed E-state index contributed by atoms with van der Waals surface area (Å²) >= 11 is 0. The smallest absolute Gasteiger partial charge is 0.416 e. The molecule has 2 aromatic rings. The van der Waals surface area contributed by atoms with E-state index in [1.54, 1.807) is 19.2 Å². The molecule has 0 radical (unpaired) electrons. The number of benzene rings is 2. The fourth-order valence-electron chi connectivity index (χ4n) is 2.60. The van der Waals surface area contributed by atoms with Gasteiger partial charge in [-0.25, -0.2) is 0 Å². The van der Waals surface area contributed by atoms with Gasteiger partial charge in [-0.05, 0) is 48.9 Å². The summed E-state index contributed by atoms with van der Waals surface area (Å²) in [5.74, 6) is -1.22. The summed E-state index contributed by atoms with van der Waals surface area (Å²) in [6.45, 7) is 0.306. The molecular formula is C20H21F3N2O4. The van der Waals surface area contributed by atoms with Crippen molar-refractivity contribution in [3.8, 4) is 5.75 Å². The lowest BCUT2D eigenvalue weighted by Gasteiger charge is -2.15. The van der Waals surface area contributed by atoms with Gasteiger partial charge in [-0.2, -0.15) is 13.2 Å². The second kappa shape index (κ2) is 9.92. The maximum Gasteiger partial charge on any atom is 0.416 e. The molecule has 1 unspecified atom stereocenters. The molecule has 0 saturated carbocycles. The molecule has 0 aliphatic heterocycles. The van der Waals surface area contributed by atoms with E-state index in [1.807, 2.05) is 12.1 Å². The number of ether oxygens (including phenoxy) is 1. The van der Waals surface area contributed by atoms with Gasteiger partial charge in [-0.1, -0.05) is 18.2 Å². The molecule has 0 spiro atoms. The normalized spacial score (nSPS) is 12.3. The minimum Gasteiger partial charge on any atom is -0.497 e. The molecule has 6 nitrogen and oxygen atoms in total. The molecule has 0 aliphatic rings. The van der Waals surface area contributed by atoms with E-state index in [0.717, 1.165) is 17.7 Å². The predicted molar refractivity (Wildman–Crippen MR) is 101 cm³/mol. The molecule has 1 amide bonds. The lowest BCUT2D eigenvalue weighted by Crippen LogP contribution is -2.40. The Labute approximate surface area is 165 Å². The van der Waals surface area contributed by atoms with E-state index in [2.05, 4.69) is 10.6 Å². The predicted octanol–water partition coefficient (Wildman–Crippen LogP) is 3.33. The molecule has 0 aromatic heterocycles. The second-order valence-corrected chi connectivity index (χ2v) is 6.27. The van der Waals surface area contributed by atoms with Gasteiger partial charge in [0.2, 0.25) is 5.91 Å². The van der Waals surface area contributed by atoms with Gasteiger partial charge in [0.15, 0.2) is 0 Å². The van der Waals surface area contributed by atoms with Crippen LogP contribution in [-0.2, 0) is 22.2 Å². The van der Waals surface area contributed by atoms with Crippen molar-refractivity contribution in [1.82, 2.24) is 5.32 Å². The number of nitrogens with one attached hydrogen (secondary N) is 2. The van der Waals surface area contributed by atoms with Crippen LogP contribution in [0.4, 0.5) is 18.9 Å². The maximum atomic E-state index is 12.7. The van der Waals surface area contributed by atoms with Crippen LogP contribution in [0.1, 0.15) is 17.5 Å². The summed E-state index contributed by atoms with van der Waals surface area (Å²) in [6, 6.07) is 10.2. The topological polar surface area (TPSA) is 87.7 Å². The van der Waals surface area contributed by atoms with E-state index < -0.39 is 36.1 Å². The number of rotatable bonds is 9. The summed E-state index contributed by atoms with van der Waals surface area (Å²) < 4.78 is 43.3. The molecule has 156 valence electrons. The third kappa shape index (κ3) is 7.11. The van der Waals surface area contributed by atoms with Crippen molar-refractivity contribution in [1.29, 1.82) is 0 Å². The number of aliphatic carboxylic acids is 1. The number of amides is 1. The van der Waals surface area contributed by atoms with Crippen molar-refractivity contribution in [3.05, 3.63) is 59.7 Å². The monoisotopic (exact) mass is 410 g/mol. The van der Waals surface area contributed by atoms with Gasteiger partial charge >= 0.3 is 12.1 Å². The van der Waals surface area contributed by atoms with Crippen molar-refractivity contribution in [2.75, 3.05) is 19.0 Å². The Morgan fingerprint density at radius 3 is 2.41 bits per heavy atom. The van der Waals surface area contributed by atoms with E-state index in [1.165, 1.54) is 12.1 Å². The number of alkyl halides is 3. The maximum absolute atomic E-state index is 12.7. The number of carbonyl (C=O) groups is 2. The number of anilines is 1. The number of hydrogen-bond acceptors (Lipinski definition) is 4. The zero-order valence-corrected chi connectivity index (χ0v) is 15.6. The first-order valence-electron chi connectivity index (χ1n) is 8.75.